The molecule has 2 amide bonds. The number of rotatable bonds is 6. The first-order valence-electron chi connectivity index (χ1n) is 10.5. The Morgan fingerprint density at radius 3 is 2.30 bits per heavy atom. The maximum absolute atomic E-state index is 12.3. The fraction of sp³-hybridized carbons (Fsp3) is 0.417. The SMILES string of the molecule is CC(C)NC(=O)C(=O)NC[C@H](c1ccc(N(C)C)cc1)N1CCc2ccccc2C1. The molecule has 3 rings (SSSR count). The molecule has 2 N–H and O–H groups in total. The van der Waals surface area contributed by atoms with Gasteiger partial charge in [0.2, 0.25) is 0 Å². The first kappa shape index (κ1) is 21.8. The molecule has 0 saturated heterocycles. The minimum Gasteiger partial charge on any atom is -0.378 e. The standard InChI is InChI=1S/C24H32N4O2/c1-17(2)26-24(30)23(29)25-15-22(19-9-11-21(12-10-19)27(3)4)28-14-13-18-7-5-6-8-20(18)16-28/h5-12,17,22H,13-16H2,1-4H3,(H,25,29)(H,26,30)/t22-/m1/s1. The van der Waals surface area contributed by atoms with Gasteiger partial charge in [-0.3, -0.25) is 14.5 Å². The molecule has 0 spiro atoms. The monoisotopic (exact) mass is 408 g/mol. The van der Waals surface area contributed by atoms with Gasteiger partial charge in [-0.25, -0.2) is 0 Å². The van der Waals surface area contributed by atoms with Crippen LogP contribution in [0, 0.1) is 0 Å². The van der Waals surface area contributed by atoms with Crippen molar-refractivity contribution in [3.63, 3.8) is 0 Å². The van der Waals surface area contributed by atoms with E-state index in [0.717, 1.165) is 30.8 Å². The van der Waals surface area contributed by atoms with Crippen molar-refractivity contribution in [2.24, 2.45) is 0 Å². The Labute approximate surface area is 179 Å². The van der Waals surface area contributed by atoms with Gasteiger partial charge in [0.05, 0.1) is 6.04 Å². The Kier molecular flexibility index (Phi) is 7.11. The molecule has 0 saturated carbocycles. The van der Waals surface area contributed by atoms with E-state index in [4.69, 9.17) is 0 Å². The van der Waals surface area contributed by atoms with Crippen molar-refractivity contribution in [3.05, 3.63) is 65.2 Å². The molecular weight excluding hydrogens is 376 g/mol. The zero-order valence-electron chi connectivity index (χ0n) is 18.3. The number of amides is 2. The van der Waals surface area contributed by atoms with Gasteiger partial charge in [0.1, 0.15) is 0 Å². The van der Waals surface area contributed by atoms with Crippen molar-refractivity contribution in [1.29, 1.82) is 0 Å². The van der Waals surface area contributed by atoms with Crippen LogP contribution in [0.1, 0.15) is 36.6 Å². The average Bonchev–Trinajstić information content (AvgIpc) is 2.73. The van der Waals surface area contributed by atoms with Crippen molar-refractivity contribution in [2.75, 3.05) is 32.1 Å². The lowest BCUT2D eigenvalue weighted by Crippen LogP contribution is -2.46. The lowest BCUT2D eigenvalue weighted by Gasteiger charge is -2.36. The van der Waals surface area contributed by atoms with Gasteiger partial charge in [0.15, 0.2) is 0 Å². The van der Waals surface area contributed by atoms with E-state index < -0.39 is 11.8 Å². The van der Waals surface area contributed by atoms with E-state index in [-0.39, 0.29) is 12.1 Å². The highest BCUT2D eigenvalue weighted by Crippen LogP contribution is 2.28. The number of fused-ring (bicyclic) bond motifs is 1. The van der Waals surface area contributed by atoms with Crippen molar-refractivity contribution in [3.8, 4) is 0 Å². The van der Waals surface area contributed by atoms with Crippen LogP contribution in [0.4, 0.5) is 5.69 Å². The average molecular weight is 409 g/mol. The number of hydrogen-bond donors (Lipinski definition) is 2. The quantitative estimate of drug-likeness (QED) is 0.721. The summed E-state index contributed by atoms with van der Waals surface area (Å²) in [5.41, 5.74) is 4.96. The van der Waals surface area contributed by atoms with Gasteiger partial charge in [-0.15, -0.1) is 0 Å². The fourth-order valence-corrected chi connectivity index (χ4v) is 3.83. The molecule has 0 radical (unpaired) electrons. The van der Waals surface area contributed by atoms with Crippen molar-refractivity contribution < 1.29 is 9.59 Å². The summed E-state index contributed by atoms with van der Waals surface area (Å²) in [6, 6.07) is 16.8. The smallest absolute Gasteiger partial charge is 0.309 e. The molecule has 6 heteroatoms. The molecule has 0 aromatic heterocycles. The van der Waals surface area contributed by atoms with E-state index >= 15 is 0 Å². The molecule has 6 nitrogen and oxygen atoms in total. The summed E-state index contributed by atoms with van der Waals surface area (Å²) >= 11 is 0. The van der Waals surface area contributed by atoms with Crippen LogP contribution in [0.3, 0.4) is 0 Å². The Balaban J connectivity index is 1.78. The lowest BCUT2D eigenvalue weighted by molar-refractivity contribution is -0.139. The molecule has 2 aromatic rings. The normalized spacial score (nSPS) is 14.7. The van der Waals surface area contributed by atoms with Gasteiger partial charge in [-0.2, -0.15) is 0 Å². The number of carbonyl (C=O) groups excluding carboxylic acids is 2. The summed E-state index contributed by atoms with van der Waals surface area (Å²) in [7, 11) is 4.03. The lowest BCUT2D eigenvalue weighted by atomic mass is 9.96. The van der Waals surface area contributed by atoms with Gasteiger partial charge in [-0.1, -0.05) is 36.4 Å². The van der Waals surface area contributed by atoms with Crippen LogP contribution in [-0.4, -0.2) is 49.9 Å². The largest absolute Gasteiger partial charge is 0.378 e. The van der Waals surface area contributed by atoms with Crippen LogP contribution >= 0.6 is 0 Å². The van der Waals surface area contributed by atoms with Gasteiger partial charge in [0.25, 0.3) is 0 Å². The van der Waals surface area contributed by atoms with Crippen LogP contribution in [0.25, 0.3) is 0 Å². The highest BCUT2D eigenvalue weighted by molar-refractivity contribution is 6.35. The van der Waals surface area contributed by atoms with Gasteiger partial charge in [-0.05, 0) is 49.1 Å². The van der Waals surface area contributed by atoms with E-state index in [0.29, 0.717) is 6.54 Å². The summed E-state index contributed by atoms with van der Waals surface area (Å²) in [6.07, 6.45) is 0.976. The molecule has 0 bridgehead atoms. The zero-order valence-corrected chi connectivity index (χ0v) is 18.3. The molecule has 1 atom stereocenters. The number of nitrogens with one attached hydrogen (secondary N) is 2. The van der Waals surface area contributed by atoms with E-state index in [1.54, 1.807) is 0 Å². The van der Waals surface area contributed by atoms with Crippen LogP contribution in [0.5, 0.6) is 0 Å². The maximum atomic E-state index is 12.3. The van der Waals surface area contributed by atoms with Crippen LogP contribution in [0.2, 0.25) is 0 Å². The number of carbonyl (C=O) groups is 2. The summed E-state index contributed by atoms with van der Waals surface area (Å²) in [5.74, 6) is -1.17. The number of benzene rings is 2. The fourth-order valence-electron chi connectivity index (χ4n) is 3.83. The molecule has 0 aliphatic carbocycles. The third kappa shape index (κ3) is 5.39. The molecule has 0 fully saturated rings. The predicted octanol–water partition coefficient (Wildman–Crippen LogP) is 2.49. The Morgan fingerprint density at radius 2 is 1.67 bits per heavy atom. The van der Waals surface area contributed by atoms with Crippen LogP contribution < -0.4 is 15.5 Å². The minimum atomic E-state index is -0.587. The number of hydrogen-bond acceptors (Lipinski definition) is 4. The Hall–Kier alpha value is -2.86. The summed E-state index contributed by atoms with van der Waals surface area (Å²) in [6.45, 7) is 5.79. The summed E-state index contributed by atoms with van der Waals surface area (Å²) < 4.78 is 0. The van der Waals surface area contributed by atoms with Crippen LogP contribution in [0.15, 0.2) is 48.5 Å². The molecule has 0 unspecified atom stereocenters. The van der Waals surface area contributed by atoms with E-state index in [9.17, 15) is 9.59 Å². The van der Waals surface area contributed by atoms with E-state index in [1.807, 2.05) is 27.9 Å². The van der Waals surface area contributed by atoms with E-state index in [1.165, 1.54) is 11.1 Å². The van der Waals surface area contributed by atoms with Crippen molar-refractivity contribution in [1.82, 2.24) is 15.5 Å². The maximum Gasteiger partial charge on any atom is 0.309 e. The first-order chi connectivity index (χ1) is 14.3. The number of anilines is 1. The second kappa shape index (κ2) is 9.76. The molecule has 2 aromatic carbocycles. The van der Waals surface area contributed by atoms with Crippen LogP contribution in [-0.2, 0) is 22.6 Å². The number of nitrogens with zero attached hydrogens (tertiary/aromatic N) is 2. The van der Waals surface area contributed by atoms with Gasteiger partial charge >= 0.3 is 11.8 Å². The molecule has 1 heterocycles. The van der Waals surface area contributed by atoms with Gasteiger partial charge in [0, 0.05) is 45.5 Å². The molecule has 1 aliphatic rings. The second-order valence-electron chi connectivity index (χ2n) is 8.33. The summed E-state index contributed by atoms with van der Waals surface area (Å²) in [5, 5.41) is 5.49. The van der Waals surface area contributed by atoms with Crippen molar-refractivity contribution in [2.45, 2.75) is 38.9 Å². The topological polar surface area (TPSA) is 64.7 Å². The Morgan fingerprint density at radius 1 is 1.00 bits per heavy atom. The minimum absolute atomic E-state index is 0.00892. The third-order valence-corrected chi connectivity index (χ3v) is 5.48. The highest BCUT2D eigenvalue weighted by atomic mass is 16.2. The molecule has 1 aliphatic heterocycles. The van der Waals surface area contributed by atoms with E-state index in [2.05, 4.69) is 69.0 Å². The summed E-state index contributed by atoms with van der Waals surface area (Å²) in [4.78, 5) is 28.8. The molecule has 160 valence electrons. The van der Waals surface area contributed by atoms with Gasteiger partial charge < -0.3 is 15.5 Å². The first-order valence-corrected chi connectivity index (χ1v) is 10.5. The molecule has 30 heavy (non-hydrogen) atoms. The zero-order chi connectivity index (χ0) is 21.7. The third-order valence-electron chi connectivity index (χ3n) is 5.48. The molecular formula is C24H32N4O2. The predicted molar refractivity (Wildman–Crippen MR) is 120 cm³/mol. The second-order valence-corrected chi connectivity index (χ2v) is 8.33. The highest BCUT2D eigenvalue weighted by Gasteiger charge is 2.26. The Bertz CT molecular complexity index is 877. The van der Waals surface area contributed by atoms with Crippen molar-refractivity contribution >= 4 is 17.5 Å².